The number of amides is 1. The van der Waals surface area contributed by atoms with Gasteiger partial charge in [-0.25, -0.2) is 0 Å². The fraction of sp³-hybridized carbons (Fsp3) is 0.471. The van der Waals surface area contributed by atoms with Crippen LogP contribution in [0.15, 0.2) is 22.7 Å². The first-order valence-corrected chi connectivity index (χ1v) is 8.07. The number of carbonyl (C=O) groups excluding carboxylic acids is 1. The Hall–Kier alpha value is -2.37. The van der Waals surface area contributed by atoms with Crippen molar-refractivity contribution >= 4 is 5.91 Å². The molecule has 23 heavy (non-hydrogen) atoms. The third-order valence-corrected chi connectivity index (χ3v) is 4.60. The van der Waals surface area contributed by atoms with Crippen molar-refractivity contribution in [2.45, 2.75) is 31.6 Å². The van der Waals surface area contributed by atoms with Crippen LogP contribution in [0, 0.1) is 0 Å². The summed E-state index contributed by atoms with van der Waals surface area (Å²) in [4.78, 5) is 18.7. The highest BCUT2D eigenvalue weighted by atomic mass is 16.5. The van der Waals surface area contributed by atoms with Crippen molar-refractivity contribution in [1.29, 1.82) is 0 Å². The fourth-order valence-corrected chi connectivity index (χ4v) is 3.25. The van der Waals surface area contributed by atoms with Gasteiger partial charge in [-0.3, -0.25) is 4.79 Å². The van der Waals surface area contributed by atoms with Gasteiger partial charge in [0, 0.05) is 25.6 Å². The van der Waals surface area contributed by atoms with Crippen LogP contribution >= 0.6 is 0 Å². The zero-order chi connectivity index (χ0) is 15.8. The largest absolute Gasteiger partial charge is 0.493 e. The Balaban J connectivity index is 1.62. The van der Waals surface area contributed by atoms with Gasteiger partial charge in [0.25, 0.3) is 0 Å². The van der Waals surface area contributed by atoms with Crippen LogP contribution < -0.4 is 4.74 Å². The van der Waals surface area contributed by atoms with Gasteiger partial charge >= 0.3 is 0 Å². The van der Waals surface area contributed by atoms with E-state index in [1.807, 2.05) is 25.2 Å². The Morgan fingerprint density at radius 1 is 1.30 bits per heavy atom. The molecule has 2 aromatic rings. The van der Waals surface area contributed by atoms with E-state index >= 15 is 0 Å². The number of likely N-dealkylation sites (N-methyl/N-ethyl adjacent to an activating group) is 1. The Morgan fingerprint density at radius 3 is 3.13 bits per heavy atom. The number of carbonyl (C=O) groups is 1. The molecule has 1 amide bonds. The molecule has 1 fully saturated rings. The summed E-state index contributed by atoms with van der Waals surface area (Å²) in [5.74, 6) is 1.64. The summed E-state index contributed by atoms with van der Waals surface area (Å²) >= 11 is 0. The molecule has 0 radical (unpaired) electrons. The summed E-state index contributed by atoms with van der Waals surface area (Å²) in [6.07, 6.45) is 3.68. The molecular formula is C17H19N3O3. The number of hydrogen-bond donors (Lipinski definition) is 0. The van der Waals surface area contributed by atoms with Crippen LogP contribution in [0.4, 0.5) is 0 Å². The standard InChI is InChI=1S/C17H19N3O3/c1-20-8-3-2-4-13(17(20)21)16-18-15(19-23-16)12-5-6-14-11(10-12)7-9-22-14/h5-6,10,13H,2-4,7-9H2,1H3. The molecule has 0 saturated carbocycles. The summed E-state index contributed by atoms with van der Waals surface area (Å²) in [5, 5.41) is 4.08. The van der Waals surface area contributed by atoms with E-state index in [1.165, 1.54) is 5.56 Å². The molecule has 0 N–H and O–H groups in total. The van der Waals surface area contributed by atoms with E-state index in [2.05, 4.69) is 10.1 Å². The lowest BCUT2D eigenvalue weighted by Crippen LogP contribution is -2.30. The lowest BCUT2D eigenvalue weighted by atomic mass is 10.0. The van der Waals surface area contributed by atoms with Crippen molar-refractivity contribution in [2.24, 2.45) is 0 Å². The molecule has 6 nitrogen and oxygen atoms in total. The topological polar surface area (TPSA) is 68.5 Å². The number of benzene rings is 1. The highest BCUT2D eigenvalue weighted by Gasteiger charge is 2.31. The third kappa shape index (κ3) is 2.58. The highest BCUT2D eigenvalue weighted by molar-refractivity contribution is 5.82. The van der Waals surface area contributed by atoms with Crippen molar-refractivity contribution in [3.63, 3.8) is 0 Å². The first-order chi connectivity index (χ1) is 11.2. The van der Waals surface area contributed by atoms with Gasteiger partial charge in [0.1, 0.15) is 11.7 Å². The van der Waals surface area contributed by atoms with E-state index in [1.54, 1.807) is 4.90 Å². The lowest BCUT2D eigenvalue weighted by molar-refractivity contribution is -0.131. The Kier molecular flexibility index (Phi) is 3.52. The quantitative estimate of drug-likeness (QED) is 0.851. The fourth-order valence-electron chi connectivity index (χ4n) is 3.25. The molecule has 0 aliphatic carbocycles. The molecular weight excluding hydrogens is 294 g/mol. The summed E-state index contributed by atoms with van der Waals surface area (Å²) in [5.41, 5.74) is 2.07. The van der Waals surface area contributed by atoms with Crippen molar-refractivity contribution in [2.75, 3.05) is 20.2 Å². The van der Waals surface area contributed by atoms with Gasteiger partial charge in [-0.05, 0) is 36.6 Å². The molecule has 6 heteroatoms. The number of likely N-dealkylation sites (tertiary alicyclic amines) is 1. The van der Waals surface area contributed by atoms with Crippen molar-refractivity contribution < 1.29 is 14.1 Å². The minimum atomic E-state index is -0.318. The van der Waals surface area contributed by atoms with Crippen LogP contribution in [0.1, 0.15) is 36.6 Å². The van der Waals surface area contributed by atoms with E-state index < -0.39 is 0 Å². The van der Waals surface area contributed by atoms with Gasteiger partial charge in [0.05, 0.1) is 6.61 Å². The zero-order valence-corrected chi connectivity index (χ0v) is 13.1. The van der Waals surface area contributed by atoms with Gasteiger partial charge in [-0.15, -0.1) is 0 Å². The van der Waals surface area contributed by atoms with Crippen LogP contribution in [0.2, 0.25) is 0 Å². The number of aromatic nitrogens is 2. The van der Waals surface area contributed by atoms with E-state index in [-0.39, 0.29) is 11.8 Å². The third-order valence-electron chi connectivity index (χ3n) is 4.60. The van der Waals surface area contributed by atoms with E-state index in [0.29, 0.717) is 11.7 Å². The van der Waals surface area contributed by atoms with E-state index in [9.17, 15) is 4.79 Å². The summed E-state index contributed by atoms with van der Waals surface area (Å²) in [7, 11) is 1.83. The van der Waals surface area contributed by atoms with Crippen molar-refractivity contribution in [3.8, 4) is 17.1 Å². The van der Waals surface area contributed by atoms with Gasteiger partial charge < -0.3 is 14.2 Å². The van der Waals surface area contributed by atoms with E-state index in [0.717, 1.165) is 50.1 Å². The van der Waals surface area contributed by atoms with E-state index in [4.69, 9.17) is 9.26 Å². The van der Waals surface area contributed by atoms with Gasteiger partial charge in [-0.2, -0.15) is 4.98 Å². The molecule has 3 heterocycles. The maximum Gasteiger partial charge on any atom is 0.239 e. The second-order valence-corrected chi connectivity index (χ2v) is 6.19. The van der Waals surface area contributed by atoms with Crippen LogP contribution in [0.5, 0.6) is 5.75 Å². The average Bonchev–Trinajstić information content (AvgIpc) is 3.19. The summed E-state index contributed by atoms with van der Waals surface area (Å²) in [6.45, 7) is 1.51. The highest BCUT2D eigenvalue weighted by Crippen LogP contribution is 2.31. The molecule has 1 saturated heterocycles. The second-order valence-electron chi connectivity index (χ2n) is 6.19. The number of fused-ring (bicyclic) bond motifs is 1. The Labute approximate surface area is 134 Å². The molecule has 1 atom stereocenters. The zero-order valence-electron chi connectivity index (χ0n) is 13.1. The molecule has 2 aliphatic rings. The molecule has 1 aromatic heterocycles. The predicted molar refractivity (Wildman–Crippen MR) is 83.2 cm³/mol. The monoisotopic (exact) mass is 313 g/mol. The molecule has 1 unspecified atom stereocenters. The Morgan fingerprint density at radius 2 is 2.22 bits per heavy atom. The average molecular weight is 313 g/mol. The van der Waals surface area contributed by atoms with Crippen LogP contribution in [0.25, 0.3) is 11.4 Å². The molecule has 2 aliphatic heterocycles. The van der Waals surface area contributed by atoms with Crippen molar-refractivity contribution in [1.82, 2.24) is 15.0 Å². The maximum atomic E-state index is 12.4. The molecule has 0 bridgehead atoms. The van der Waals surface area contributed by atoms with Gasteiger partial charge in [0.15, 0.2) is 0 Å². The predicted octanol–water partition coefficient (Wildman–Crippen LogP) is 2.40. The van der Waals surface area contributed by atoms with Gasteiger partial charge in [-0.1, -0.05) is 11.6 Å². The van der Waals surface area contributed by atoms with Crippen LogP contribution in [-0.2, 0) is 11.2 Å². The Bertz CT molecular complexity index is 740. The smallest absolute Gasteiger partial charge is 0.239 e. The molecule has 0 spiro atoms. The number of nitrogens with zero attached hydrogens (tertiary/aromatic N) is 3. The minimum Gasteiger partial charge on any atom is -0.493 e. The number of rotatable bonds is 2. The first kappa shape index (κ1) is 14.2. The minimum absolute atomic E-state index is 0.0695. The SMILES string of the molecule is CN1CCCCC(c2nc(-c3ccc4c(c3)CCO4)no2)C1=O. The molecule has 4 rings (SSSR count). The van der Waals surface area contributed by atoms with Crippen molar-refractivity contribution in [3.05, 3.63) is 29.7 Å². The number of hydrogen-bond acceptors (Lipinski definition) is 5. The lowest BCUT2D eigenvalue weighted by Gasteiger charge is -2.16. The van der Waals surface area contributed by atoms with Gasteiger partial charge in [0.2, 0.25) is 17.6 Å². The summed E-state index contributed by atoms with van der Waals surface area (Å²) in [6, 6.07) is 5.91. The summed E-state index contributed by atoms with van der Waals surface area (Å²) < 4.78 is 10.9. The first-order valence-electron chi connectivity index (χ1n) is 8.07. The number of ether oxygens (including phenoxy) is 1. The normalized spacial score (nSPS) is 21.0. The van der Waals surface area contributed by atoms with Crippen LogP contribution in [-0.4, -0.2) is 41.1 Å². The molecule has 1 aromatic carbocycles. The van der Waals surface area contributed by atoms with Crippen LogP contribution in [0.3, 0.4) is 0 Å². The second kappa shape index (κ2) is 5.68. The maximum absolute atomic E-state index is 12.4. The molecule has 120 valence electrons.